The third kappa shape index (κ3) is 2.87. The van der Waals surface area contributed by atoms with Gasteiger partial charge in [-0.2, -0.15) is 0 Å². The third-order valence-corrected chi connectivity index (χ3v) is 3.66. The first-order valence-electron chi connectivity index (χ1n) is 6.66. The smallest absolute Gasteiger partial charge is 0.0461 e. The number of aromatic amines is 1. The van der Waals surface area contributed by atoms with Crippen molar-refractivity contribution in [2.75, 3.05) is 0 Å². The first-order valence-corrected chi connectivity index (χ1v) is 6.66. The molecule has 1 aromatic heterocycles. The number of H-pyrrole nitrogens is 1. The van der Waals surface area contributed by atoms with E-state index < -0.39 is 0 Å². The molecule has 0 radical (unpaired) electrons. The fourth-order valence-electron chi connectivity index (χ4n) is 2.27. The van der Waals surface area contributed by atoms with Crippen LogP contribution < -0.4 is 0 Å². The molecule has 0 saturated carbocycles. The van der Waals surface area contributed by atoms with E-state index >= 15 is 0 Å². The molecule has 0 aliphatic heterocycles. The van der Waals surface area contributed by atoms with Crippen LogP contribution in [-0.4, -0.2) is 4.98 Å². The van der Waals surface area contributed by atoms with E-state index in [1.807, 2.05) is 36.4 Å². The maximum Gasteiger partial charge on any atom is 0.0461 e. The van der Waals surface area contributed by atoms with Crippen LogP contribution in [0.3, 0.4) is 0 Å². The maximum atomic E-state index is 3.39. The van der Waals surface area contributed by atoms with Gasteiger partial charge < -0.3 is 4.98 Å². The number of hydrogen-bond donors (Lipinski definition) is 1. The Kier molecular flexibility index (Phi) is 4.06. The molecule has 0 amide bonds. The quantitative estimate of drug-likeness (QED) is 0.573. The first kappa shape index (κ1) is 13.4. The van der Waals surface area contributed by atoms with Gasteiger partial charge in [0.2, 0.25) is 0 Å². The van der Waals surface area contributed by atoms with Crippen molar-refractivity contribution in [1.29, 1.82) is 0 Å². The zero-order valence-electron chi connectivity index (χ0n) is 12.1. The summed E-state index contributed by atoms with van der Waals surface area (Å²) in [6, 6.07) is 16.3. The van der Waals surface area contributed by atoms with Crippen molar-refractivity contribution in [3.05, 3.63) is 70.9 Å². The Bertz CT molecular complexity index is 636. The zero-order chi connectivity index (χ0) is 13.8. The number of fused-ring (bicyclic) bond motifs is 1. The SMILES string of the molecule is Cc1ccc2[nH]c(C)c(C)c2c1C.c1ccccc1. The van der Waals surface area contributed by atoms with Crippen LogP contribution in [0.5, 0.6) is 0 Å². The standard InChI is InChI=1S/C12H15N.C6H6/c1-7-5-6-11-12(8(7)2)9(3)10(4)13-11;1-2-4-6-5-3-1/h5-6,13H,1-4H3;1-6H. The van der Waals surface area contributed by atoms with Gasteiger partial charge >= 0.3 is 0 Å². The molecule has 0 unspecified atom stereocenters. The fraction of sp³-hybridized carbons (Fsp3) is 0.222. The molecule has 0 spiro atoms. The van der Waals surface area contributed by atoms with Gasteiger partial charge in [0.05, 0.1) is 0 Å². The molecule has 0 aliphatic rings. The van der Waals surface area contributed by atoms with Crippen molar-refractivity contribution in [3.8, 4) is 0 Å². The highest BCUT2D eigenvalue weighted by molar-refractivity contribution is 5.88. The molecule has 3 rings (SSSR count). The molecule has 0 atom stereocenters. The average molecular weight is 251 g/mol. The van der Waals surface area contributed by atoms with Gasteiger partial charge in [-0.3, -0.25) is 0 Å². The molecule has 0 fully saturated rings. The summed E-state index contributed by atoms with van der Waals surface area (Å²) >= 11 is 0. The molecule has 19 heavy (non-hydrogen) atoms. The molecule has 1 heteroatoms. The Morgan fingerprint density at radius 1 is 0.684 bits per heavy atom. The summed E-state index contributed by atoms with van der Waals surface area (Å²) < 4.78 is 0. The Hall–Kier alpha value is -2.02. The van der Waals surface area contributed by atoms with Gasteiger partial charge in [-0.25, -0.2) is 0 Å². The van der Waals surface area contributed by atoms with Crippen molar-refractivity contribution in [1.82, 2.24) is 4.98 Å². The third-order valence-electron chi connectivity index (χ3n) is 3.66. The normalized spacial score (nSPS) is 10.1. The van der Waals surface area contributed by atoms with Crippen molar-refractivity contribution in [3.63, 3.8) is 0 Å². The van der Waals surface area contributed by atoms with Crippen LogP contribution in [0, 0.1) is 27.7 Å². The number of nitrogens with one attached hydrogen (secondary N) is 1. The van der Waals surface area contributed by atoms with Crippen LogP contribution in [0.4, 0.5) is 0 Å². The molecule has 98 valence electrons. The van der Waals surface area contributed by atoms with Gasteiger partial charge in [0.25, 0.3) is 0 Å². The van der Waals surface area contributed by atoms with Crippen molar-refractivity contribution in [2.24, 2.45) is 0 Å². The molecule has 0 aliphatic carbocycles. The molecule has 1 N–H and O–H groups in total. The average Bonchev–Trinajstić information content (AvgIpc) is 2.73. The predicted octanol–water partition coefficient (Wildman–Crippen LogP) is 5.09. The first-order chi connectivity index (χ1) is 9.11. The number of hydrogen-bond acceptors (Lipinski definition) is 0. The lowest BCUT2D eigenvalue weighted by Crippen LogP contribution is -1.82. The van der Waals surface area contributed by atoms with Crippen molar-refractivity contribution < 1.29 is 0 Å². The lowest BCUT2D eigenvalue weighted by atomic mass is 10.0. The van der Waals surface area contributed by atoms with Gasteiger partial charge in [-0.1, -0.05) is 42.5 Å². The molecule has 2 aromatic carbocycles. The van der Waals surface area contributed by atoms with Crippen LogP contribution >= 0.6 is 0 Å². The Balaban J connectivity index is 0.000000186. The lowest BCUT2D eigenvalue weighted by molar-refractivity contribution is 1.25. The van der Waals surface area contributed by atoms with E-state index in [9.17, 15) is 0 Å². The fourth-order valence-corrected chi connectivity index (χ4v) is 2.27. The largest absolute Gasteiger partial charge is 0.358 e. The molecule has 1 heterocycles. The number of benzene rings is 2. The monoisotopic (exact) mass is 251 g/mol. The van der Waals surface area contributed by atoms with Crippen molar-refractivity contribution in [2.45, 2.75) is 27.7 Å². The van der Waals surface area contributed by atoms with Crippen LogP contribution in [0.2, 0.25) is 0 Å². The summed E-state index contributed by atoms with van der Waals surface area (Å²) in [4.78, 5) is 3.39. The Labute approximate surface area is 115 Å². The molecule has 0 saturated heterocycles. The minimum Gasteiger partial charge on any atom is -0.358 e. The summed E-state index contributed by atoms with van der Waals surface area (Å²) in [5.41, 5.74) is 6.70. The number of aryl methyl sites for hydroxylation is 4. The predicted molar refractivity (Wildman–Crippen MR) is 83.7 cm³/mol. The maximum absolute atomic E-state index is 3.39. The summed E-state index contributed by atoms with van der Waals surface area (Å²) in [6.45, 7) is 8.67. The second kappa shape index (κ2) is 5.75. The topological polar surface area (TPSA) is 15.8 Å². The molecule has 0 bridgehead atoms. The van der Waals surface area contributed by atoms with Crippen LogP contribution in [0.25, 0.3) is 10.9 Å². The van der Waals surface area contributed by atoms with E-state index in [-0.39, 0.29) is 0 Å². The van der Waals surface area contributed by atoms with Gasteiger partial charge in [0.15, 0.2) is 0 Å². The highest BCUT2D eigenvalue weighted by Gasteiger charge is 2.07. The lowest BCUT2D eigenvalue weighted by Gasteiger charge is -2.01. The Morgan fingerprint density at radius 2 is 1.21 bits per heavy atom. The van der Waals surface area contributed by atoms with E-state index in [0.29, 0.717) is 0 Å². The number of rotatable bonds is 0. The zero-order valence-corrected chi connectivity index (χ0v) is 12.1. The van der Waals surface area contributed by atoms with Crippen LogP contribution in [-0.2, 0) is 0 Å². The highest BCUT2D eigenvalue weighted by Crippen LogP contribution is 2.26. The van der Waals surface area contributed by atoms with Crippen LogP contribution in [0.15, 0.2) is 48.5 Å². The van der Waals surface area contributed by atoms with Gasteiger partial charge in [-0.15, -0.1) is 0 Å². The molecular weight excluding hydrogens is 230 g/mol. The van der Waals surface area contributed by atoms with Gasteiger partial charge in [0.1, 0.15) is 0 Å². The Morgan fingerprint density at radius 3 is 1.74 bits per heavy atom. The molecular formula is C18H21N. The second-order valence-electron chi connectivity index (χ2n) is 4.96. The summed E-state index contributed by atoms with van der Waals surface area (Å²) in [5, 5.41) is 1.40. The van der Waals surface area contributed by atoms with Crippen molar-refractivity contribution >= 4 is 10.9 Å². The van der Waals surface area contributed by atoms with E-state index in [2.05, 4.69) is 44.8 Å². The second-order valence-corrected chi connectivity index (χ2v) is 4.96. The summed E-state index contributed by atoms with van der Waals surface area (Å²) in [5.74, 6) is 0. The minimum atomic E-state index is 1.26. The number of aromatic nitrogens is 1. The molecule has 3 aromatic rings. The van der Waals surface area contributed by atoms with Gasteiger partial charge in [0, 0.05) is 16.6 Å². The molecule has 1 nitrogen and oxygen atoms in total. The van der Waals surface area contributed by atoms with E-state index in [4.69, 9.17) is 0 Å². The minimum absolute atomic E-state index is 1.26. The van der Waals surface area contributed by atoms with Gasteiger partial charge in [-0.05, 0) is 50.5 Å². The van der Waals surface area contributed by atoms with E-state index in [1.165, 1.54) is 33.3 Å². The van der Waals surface area contributed by atoms with E-state index in [0.717, 1.165) is 0 Å². The summed E-state index contributed by atoms with van der Waals surface area (Å²) in [7, 11) is 0. The highest BCUT2D eigenvalue weighted by atomic mass is 14.7. The van der Waals surface area contributed by atoms with Crippen LogP contribution in [0.1, 0.15) is 22.4 Å². The van der Waals surface area contributed by atoms with E-state index in [1.54, 1.807) is 0 Å². The summed E-state index contributed by atoms with van der Waals surface area (Å²) in [6.07, 6.45) is 0.